The van der Waals surface area contributed by atoms with E-state index >= 15 is 0 Å². The number of anilines is 2. The quantitative estimate of drug-likeness (QED) is 0.642. The summed E-state index contributed by atoms with van der Waals surface area (Å²) in [5, 5.41) is 6.16. The lowest BCUT2D eigenvalue weighted by Gasteiger charge is -2.31. The van der Waals surface area contributed by atoms with Crippen LogP contribution in [0, 0.1) is 0 Å². The van der Waals surface area contributed by atoms with Gasteiger partial charge in [-0.15, -0.1) is 11.3 Å². The van der Waals surface area contributed by atoms with Crippen LogP contribution in [-0.2, 0) is 4.79 Å². The van der Waals surface area contributed by atoms with Crippen LogP contribution in [0.4, 0.5) is 10.9 Å². The minimum absolute atomic E-state index is 0.0654. The van der Waals surface area contributed by atoms with Crippen LogP contribution >= 0.6 is 11.3 Å². The van der Waals surface area contributed by atoms with Crippen LogP contribution in [0.1, 0.15) is 30.0 Å². The number of nitrogens with zero attached hydrogens (tertiary/aromatic N) is 3. The summed E-state index contributed by atoms with van der Waals surface area (Å²) in [4.78, 5) is 23.5. The molecule has 1 fully saturated rings. The number of likely N-dealkylation sites (tertiary alicyclic amines) is 1. The van der Waals surface area contributed by atoms with Crippen molar-refractivity contribution >= 4 is 34.3 Å². The third kappa shape index (κ3) is 4.64. The molecule has 1 aliphatic rings. The van der Waals surface area contributed by atoms with Crippen molar-refractivity contribution < 1.29 is 4.79 Å². The van der Waals surface area contributed by atoms with Crippen molar-refractivity contribution in [2.75, 3.05) is 18.4 Å². The highest BCUT2D eigenvalue weighted by Crippen LogP contribution is 2.30. The molecule has 0 bridgehead atoms. The molecule has 1 aliphatic heterocycles. The zero-order valence-electron chi connectivity index (χ0n) is 15.5. The number of amides is 1. The SMILES string of the molecule is O=C(/C=C/c1ccccc1)N1CCC[C@H](c2csc(Nc3ccccn3)n2)C1. The van der Waals surface area contributed by atoms with E-state index in [-0.39, 0.29) is 11.8 Å². The second-order valence-corrected chi connectivity index (χ2v) is 7.64. The molecule has 1 aromatic carbocycles. The normalized spacial score (nSPS) is 17.0. The van der Waals surface area contributed by atoms with Gasteiger partial charge >= 0.3 is 0 Å². The van der Waals surface area contributed by atoms with Gasteiger partial charge in [-0.2, -0.15) is 0 Å². The number of aromatic nitrogens is 2. The van der Waals surface area contributed by atoms with Gasteiger partial charge in [0.2, 0.25) is 5.91 Å². The molecule has 142 valence electrons. The van der Waals surface area contributed by atoms with E-state index in [1.165, 1.54) is 0 Å². The topological polar surface area (TPSA) is 58.1 Å². The van der Waals surface area contributed by atoms with Crippen molar-refractivity contribution in [3.05, 3.63) is 77.4 Å². The van der Waals surface area contributed by atoms with Crippen molar-refractivity contribution in [3.63, 3.8) is 0 Å². The third-order valence-corrected chi connectivity index (χ3v) is 5.57. The molecule has 6 heteroatoms. The highest BCUT2D eigenvalue weighted by atomic mass is 32.1. The minimum Gasteiger partial charge on any atom is -0.338 e. The van der Waals surface area contributed by atoms with E-state index in [1.54, 1.807) is 23.6 Å². The predicted molar refractivity (Wildman–Crippen MR) is 114 cm³/mol. The average Bonchev–Trinajstić information content (AvgIpc) is 3.22. The number of nitrogens with one attached hydrogen (secondary N) is 1. The molecule has 1 saturated heterocycles. The molecule has 1 N–H and O–H groups in total. The number of hydrogen-bond donors (Lipinski definition) is 1. The fourth-order valence-electron chi connectivity index (χ4n) is 3.33. The monoisotopic (exact) mass is 390 g/mol. The molecule has 0 saturated carbocycles. The summed E-state index contributed by atoms with van der Waals surface area (Å²) in [7, 11) is 0. The van der Waals surface area contributed by atoms with Crippen molar-refractivity contribution in [1.82, 2.24) is 14.9 Å². The van der Waals surface area contributed by atoms with Crippen LogP contribution in [0.15, 0.2) is 66.2 Å². The van der Waals surface area contributed by atoms with Gasteiger partial charge in [-0.1, -0.05) is 36.4 Å². The molecule has 1 amide bonds. The molecule has 2 aromatic heterocycles. The van der Waals surface area contributed by atoms with Crippen LogP contribution in [0.25, 0.3) is 6.08 Å². The van der Waals surface area contributed by atoms with Gasteiger partial charge in [-0.05, 0) is 36.6 Å². The molecular weight excluding hydrogens is 368 g/mol. The minimum atomic E-state index is 0.0654. The van der Waals surface area contributed by atoms with E-state index in [2.05, 4.69) is 15.7 Å². The molecule has 0 unspecified atom stereocenters. The smallest absolute Gasteiger partial charge is 0.246 e. The van der Waals surface area contributed by atoms with Crippen molar-refractivity contribution in [2.24, 2.45) is 0 Å². The van der Waals surface area contributed by atoms with Crippen molar-refractivity contribution in [2.45, 2.75) is 18.8 Å². The maximum absolute atomic E-state index is 12.6. The lowest BCUT2D eigenvalue weighted by Crippen LogP contribution is -2.38. The largest absolute Gasteiger partial charge is 0.338 e. The number of carbonyl (C=O) groups is 1. The highest BCUT2D eigenvalue weighted by Gasteiger charge is 2.25. The van der Waals surface area contributed by atoms with Crippen LogP contribution < -0.4 is 5.32 Å². The summed E-state index contributed by atoms with van der Waals surface area (Å²) in [6.07, 6.45) is 7.36. The lowest BCUT2D eigenvalue weighted by molar-refractivity contribution is -0.127. The summed E-state index contributed by atoms with van der Waals surface area (Å²) >= 11 is 1.58. The Kier molecular flexibility index (Phi) is 5.77. The van der Waals surface area contributed by atoms with E-state index in [1.807, 2.05) is 59.5 Å². The van der Waals surface area contributed by atoms with E-state index in [0.29, 0.717) is 6.54 Å². The number of hydrogen-bond acceptors (Lipinski definition) is 5. The Morgan fingerprint density at radius 1 is 1.18 bits per heavy atom. The lowest BCUT2D eigenvalue weighted by atomic mass is 9.95. The molecular formula is C22H22N4OS. The maximum Gasteiger partial charge on any atom is 0.246 e. The summed E-state index contributed by atoms with van der Waals surface area (Å²) in [5.41, 5.74) is 2.09. The van der Waals surface area contributed by atoms with E-state index in [9.17, 15) is 4.79 Å². The summed E-state index contributed by atoms with van der Waals surface area (Å²) in [6, 6.07) is 15.7. The van der Waals surface area contributed by atoms with Crippen LogP contribution in [-0.4, -0.2) is 33.9 Å². The van der Waals surface area contributed by atoms with Gasteiger partial charge in [0, 0.05) is 36.7 Å². The first-order chi connectivity index (χ1) is 13.8. The number of rotatable bonds is 5. The Labute approximate surface area is 168 Å². The Morgan fingerprint density at radius 2 is 2.04 bits per heavy atom. The fourth-order valence-corrected chi connectivity index (χ4v) is 4.13. The molecule has 0 radical (unpaired) electrons. The van der Waals surface area contributed by atoms with Gasteiger partial charge in [-0.25, -0.2) is 9.97 Å². The van der Waals surface area contributed by atoms with Crippen LogP contribution in [0.5, 0.6) is 0 Å². The van der Waals surface area contributed by atoms with Gasteiger partial charge in [0.05, 0.1) is 5.69 Å². The summed E-state index contributed by atoms with van der Waals surface area (Å²) in [6.45, 7) is 1.52. The Hall–Kier alpha value is -2.99. The number of thiazole rings is 1. The third-order valence-electron chi connectivity index (χ3n) is 4.79. The summed E-state index contributed by atoms with van der Waals surface area (Å²) in [5.74, 6) is 1.13. The maximum atomic E-state index is 12.6. The summed E-state index contributed by atoms with van der Waals surface area (Å²) < 4.78 is 0. The molecule has 0 aliphatic carbocycles. The molecule has 3 heterocycles. The molecule has 3 aromatic rings. The van der Waals surface area contributed by atoms with Crippen LogP contribution in [0.2, 0.25) is 0 Å². The number of benzene rings is 1. The highest BCUT2D eigenvalue weighted by molar-refractivity contribution is 7.13. The van der Waals surface area contributed by atoms with Crippen LogP contribution in [0.3, 0.4) is 0 Å². The Balaban J connectivity index is 1.38. The van der Waals surface area contributed by atoms with Gasteiger partial charge < -0.3 is 10.2 Å². The molecule has 0 spiro atoms. The van der Waals surface area contributed by atoms with Gasteiger partial charge in [-0.3, -0.25) is 4.79 Å². The van der Waals surface area contributed by atoms with Crippen molar-refractivity contribution in [3.8, 4) is 0 Å². The number of carbonyl (C=O) groups excluding carboxylic acids is 1. The second kappa shape index (κ2) is 8.80. The van der Waals surface area contributed by atoms with Gasteiger partial charge in [0.25, 0.3) is 0 Å². The average molecular weight is 391 g/mol. The standard InChI is InChI=1S/C22H22N4OS/c27-21(12-11-17-7-2-1-3-8-17)26-14-6-9-18(15-26)19-16-28-22(24-19)25-20-10-4-5-13-23-20/h1-5,7-8,10-13,16,18H,6,9,14-15H2,(H,23,24,25)/b12-11+/t18-/m0/s1. The fraction of sp³-hybridized carbons (Fsp3) is 0.227. The first-order valence-electron chi connectivity index (χ1n) is 9.43. The Morgan fingerprint density at radius 3 is 2.86 bits per heavy atom. The van der Waals surface area contributed by atoms with Gasteiger partial charge in [0.1, 0.15) is 5.82 Å². The van der Waals surface area contributed by atoms with Gasteiger partial charge in [0.15, 0.2) is 5.13 Å². The zero-order chi connectivity index (χ0) is 19.2. The zero-order valence-corrected chi connectivity index (χ0v) is 16.3. The van der Waals surface area contributed by atoms with E-state index in [0.717, 1.165) is 41.6 Å². The predicted octanol–water partition coefficient (Wildman–Crippen LogP) is 4.70. The number of pyridine rings is 1. The van der Waals surface area contributed by atoms with E-state index in [4.69, 9.17) is 4.98 Å². The molecule has 1 atom stereocenters. The van der Waals surface area contributed by atoms with Crippen molar-refractivity contribution in [1.29, 1.82) is 0 Å². The first kappa shape index (κ1) is 18.4. The molecule has 28 heavy (non-hydrogen) atoms. The second-order valence-electron chi connectivity index (χ2n) is 6.78. The van der Waals surface area contributed by atoms with E-state index < -0.39 is 0 Å². The first-order valence-corrected chi connectivity index (χ1v) is 10.3. The Bertz CT molecular complexity index is 939. The molecule has 5 nitrogen and oxygen atoms in total. The number of piperidine rings is 1. The molecule has 4 rings (SSSR count).